The van der Waals surface area contributed by atoms with E-state index in [9.17, 15) is 0 Å². The smallest absolute Gasteiger partial charge is 0.196 e. The second-order valence-corrected chi connectivity index (χ2v) is 3.80. The molecule has 0 aromatic rings. The molecular formula is C10H21N3. The lowest BCUT2D eigenvalue weighted by Crippen LogP contribution is -2.37. The van der Waals surface area contributed by atoms with Crippen molar-refractivity contribution in [2.75, 3.05) is 27.2 Å². The summed E-state index contributed by atoms with van der Waals surface area (Å²) in [5.74, 6) is 1.15. The molecule has 1 atom stereocenters. The van der Waals surface area contributed by atoms with Gasteiger partial charge in [0, 0.05) is 27.2 Å². The van der Waals surface area contributed by atoms with Gasteiger partial charge in [-0.1, -0.05) is 13.3 Å². The monoisotopic (exact) mass is 183 g/mol. The summed E-state index contributed by atoms with van der Waals surface area (Å²) in [4.78, 5) is 9.16. The number of guanidine groups is 1. The molecule has 0 radical (unpaired) electrons. The molecule has 0 fully saturated rings. The van der Waals surface area contributed by atoms with Gasteiger partial charge in [-0.25, -0.2) is 4.99 Å². The first kappa shape index (κ1) is 10.4. The Kier molecular flexibility index (Phi) is 3.58. The number of hydrogen-bond donors (Lipinski definition) is 0. The number of aliphatic imine (C=N–C) groups is 1. The van der Waals surface area contributed by atoms with Crippen LogP contribution in [0.15, 0.2) is 4.99 Å². The molecule has 0 aromatic heterocycles. The van der Waals surface area contributed by atoms with E-state index in [1.54, 1.807) is 0 Å². The van der Waals surface area contributed by atoms with Gasteiger partial charge in [0.05, 0.1) is 6.04 Å². The molecule has 0 N–H and O–H groups in total. The van der Waals surface area contributed by atoms with Crippen molar-refractivity contribution in [3.05, 3.63) is 0 Å². The molecule has 0 unspecified atom stereocenters. The Labute approximate surface area is 81.4 Å². The maximum atomic E-state index is 4.70. The van der Waals surface area contributed by atoms with Crippen LogP contribution in [0, 0.1) is 0 Å². The van der Waals surface area contributed by atoms with Gasteiger partial charge in [0.15, 0.2) is 5.96 Å². The lowest BCUT2D eigenvalue weighted by Gasteiger charge is -2.23. The standard InChI is InChI=1S/C10H21N3/c1-5-7-9-8-13(6-2)10(11-9)12(3)4/h9H,5-8H2,1-4H3/t9-/m1/s1. The Morgan fingerprint density at radius 2 is 2.15 bits per heavy atom. The lowest BCUT2D eigenvalue weighted by molar-refractivity contribution is 0.394. The van der Waals surface area contributed by atoms with Crippen LogP contribution in [0.2, 0.25) is 0 Å². The average molecular weight is 183 g/mol. The Morgan fingerprint density at radius 1 is 1.46 bits per heavy atom. The van der Waals surface area contributed by atoms with Gasteiger partial charge in [-0.3, -0.25) is 0 Å². The van der Waals surface area contributed by atoms with Gasteiger partial charge in [0.2, 0.25) is 0 Å². The molecular weight excluding hydrogens is 162 g/mol. The van der Waals surface area contributed by atoms with Crippen LogP contribution in [0.3, 0.4) is 0 Å². The topological polar surface area (TPSA) is 18.8 Å². The summed E-state index contributed by atoms with van der Waals surface area (Å²) in [6.07, 6.45) is 2.44. The summed E-state index contributed by atoms with van der Waals surface area (Å²) in [5.41, 5.74) is 0. The summed E-state index contributed by atoms with van der Waals surface area (Å²) in [5, 5.41) is 0. The quantitative estimate of drug-likeness (QED) is 0.659. The van der Waals surface area contributed by atoms with E-state index in [2.05, 4.69) is 37.7 Å². The first-order valence-electron chi connectivity index (χ1n) is 5.19. The Bertz CT molecular complexity index is 187. The van der Waals surface area contributed by atoms with Gasteiger partial charge in [0.25, 0.3) is 0 Å². The van der Waals surface area contributed by atoms with E-state index in [-0.39, 0.29) is 0 Å². The average Bonchev–Trinajstić information content (AvgIpc) is 2.48. The predicted octanol–water partition coefficient (Wildman–Crippen LogP) is 1.41. The first-order valence-corrected chi connectivity index (χ1v) is 5.19. The molecule has 3 nitrogen and oxygen atoms in total. The molecule has 1 rings (SSSR count). The second-order valence-electron chi connectivity index (χ2n) is 3.80. The molecule has 1 aliphatic heterocycles. The second kappa shape index (κ2) is 4.49. The highest BCUT2D eigenvalue weighted by Crippen LogP contribution is 2.14. The summed E-state index contributed by atoms with van der Waals surface area (Å²) in [7, 11) is 4.13. The van der Waals surface area contributed by atoms with E-state index < -0.39 is 0 Å². The van der Waals surface area contributed by atoms with Crippen molar-refractivity contribution < 1.29 is 0 Å². The summed E-state index contributed by atoms with van der Waals surface area (Å²) in [6.45, 7) is 6.59. The van der Waals surface area contributed by atoms with Crippen LogP contribution < -0.4 is 0 Å². The molecule has 1 heterocycles. The Morgan fingerprint density at radius 3 is 2.54 bits per heavy atom. The molecule has 0 aliphatic carbocycles. The van der Waals surface area contributed by atoms with Crippen LogP contribution in [-0.2, 0) is 0 Å². The van der Waals surface area contributed by atoms with Crippen molar-refractivity contribution in [1.29, 1.82) is 0 Å². The maximum Gasteiger partial charge on any atom is 0.196 e. The number of rotatable bonds is 3. The zero-order valence-corrected chi connectivity index (χ0v) is 9.25. The van der Waals surface area contributed by atoms with Crippen LogP contribution in [0.5, 0.6) is 0 Å². The normalized spacial score (nSPS) is 22.0. The van der Waals surface area contributed by atoms with E-state index in [1.165, 1.54) is 12.8 Å². The molecule has 76 valence electrons. The van der Waals surface area contributed by atoms with Gasteiger partial charge in [0.1, 0.15) is 0 Å². The van der Waals surface area contributed by atoms with Crippen LogP contribution in [0.1, 0.15) is 26.7 Å². The van der Waals surface area contributed by atoms with Crippen molar-refractivity contribution in [3.63, 3.8) is 0 Å². The van der Waals surface area contributed by atoms with E-state index in [0.717, 1.165) is 19.0 Å². The minimum atomic E-state index is 0.530. The summed E-state index contributed by atoms with van der Waals surface area (Å²) < 4.78 is 0. The fourth-order valence-electron chi connectivity index (χ4n) is 1.78. The maximum absolute atomic E-state index is 4.70. The van der Waals surface area contributed by atoms with Crippen LogP contribution in [0.4, 0.5) is 0 Å². The van der Waals surface area contributed by atoms with Gasteiger partial charge >= 0.3 is 0 Å². The van der Waals surface area contributed by atoms with Gasteiger partial charge in [-0.15, -0.1) is 0 Å². The van der Waals surface area contributed by atoms with Crippen molar-refractivity contribution in [2.24, 2.45) is 4.99 Å². The molecule has 3 heteroatoms. The van der Waals surface area contributed by atoms with E-state index in [4.69, 9.17) is 4.99 Å². The first-order chi connectivity index (χ1) is 6.19. The van der Waals surface area contributed by atoms with Crippen molar-refractivity contribution in [2.45, 2.75) is 32.7 Å². The molecule has 0 aromatic carbocycles. The number of hydrogen-bond acceptors (Lipinski definition) is 3. The fraction of sp³-hybridized carbons (Fsp3) is 0.900. The Balaban J connectivity index is 2.60. The van der Waals surface area contributed by atoms with Crippen LogP contribution in [0.25, 0.3) is 0 Å². The summed E-state index contributed by atoms with van der Waals surface area (Å²) >= 11 is 0. The molecule has 0 bridgehead atoms. The molecule has 0 saturated carbocycles. The number of likely N-dealkylation sites (N-methyl/N-ethyl adjacent to an activating group) is 1. The Hall–Kier alpha value is -0.730. The number of nitrogens with zero attached hydrogens (tertiary/aromatic N) is 3. The fourth-order valence-corrected chi connectivity index (χ4v) is 1.78. The lowest BCUT2D eigenvalue weighted by atomic mass is 10.2. The van der Waals surface area contributed by atoms with Crippen molar-refractivity contribution >= 4 is 5.96 Å². The third-order valence-corrected chi connectivity index (χ3v) is 2.42. The van der Waals surface area contributed by atoms with Crippen molar-refractivity contribution in [1.82, 2.24) is 9.80 Å². The van der Waals surface area contributed by atoms with Gasteiger partial charge < -0.3 is 9.80 Å². The van der Waals surface area contributed by atoms with E-state index in [0.29, 0.717) is 6.04 Å². The van der Waals surface area contributed by atoms with Crippen LogP contribution >= 0.6 is 0 Å². The highest BCUT2D eigenvalue weighted by molar-refractivity contribution is 5.81. The molecule has 1 aliphatic rings. The highest BCUT2D eigenvalue weighted by atomic mass is 15.4. The molecule has 13 heavy (non-hydrogen) atoms. The molecule has 0 spiro atoms. The molecule has 0 amide bonds. The van der Waals surface area contributed by atoms with Crippen molar-refractivity contribution in [3.8, 4) is 0 Å². The SMILES string of the molecule is CCC[C@@H]1CN(CC)C(N(C)C)=N1. The van der Waals surface area contributed by atoms with E-state index in [1.807, 2.05) is 0 Å². The zero-order chi connectivity index (χ0) is 9.84. The highest BCUT2D eigenvalue weighted by Gasteiger charge is 2.23. The third-order valence-electron chi connectivity index (χ3n) is 2.42. The van der Waals surface area contributed by atoms with Gasteiger partial charge in [-0.05, 0) is 13.3 Å². The third kappa shape index (κ3) is 2.36. The predicted molar refractivity (Wildman–Crippen MR) is 57.1 cm³/mol. The minimum absolute atomic E-state index is 0.530. The van der Waals surface area contributed by atoms with E-state index >= 15 is 0 Å². The minimum Gasteiger partial charge on any atom is -0.349 e. The van der Waals surface area contributed by atoms with Crippen LogP contribution in [-0.4, -0.2) is 49.0 Å². The molecule has 0 saturated heterocycles. The zero-order valence-electron chi connectivity index (χ0n) is 9.25. The summed E-state index contributed by atoms with van der Waals surface area (Å²) in [6, 6.07) is 0.530. The largest absolute Gasteiger partial charge is 0.349 e. The van der Waals surface area contributed by atoms with Gasteiger partial charge in [-0.2, -0.15) is 0 Å².